The standard InChI is InChI=1S/C30H28N2O7/c1-5-38-22-13-10-20(11-14-22)30(34)39-25-15-12-19-8-6-7-9-23(19)24(25)18-31-32-29(33)21-16-26(35-2)28(37-4)27(17-21)36-3/h6-18H,5H2,1-4H3,(H,32,33)/b31-18-. The minimum Gasteiger partial charge on any atom is -0.494 e. The zero-order valence-electron chi connectivity index (χ0n) is 22.0. The predicted molar refractivity (Wildman–Crippen MR) is 148 cm³/mol. The molecule has 0 spiro atoms. The van der Waals surface area contributed by atoms with Crippen LogP contribution in [0.2, 0.25) is 0 Å². The summed E-state index contributed by atoms with van der Waals surface area (Å²) in [7, 11) is 4.41. The van der Waals surface area contributed by atoms with Gasteiger partial charge in [0.25, 0.3) is 5.91 Å². The van der Waals surface area contributed by atoms with Crippen LogP contribution in [0.3, 0.4) is 0 Å². The molecule has 0 unspecified atom stereocenters. The summed E-state index contributed by atoms with van der Waals surface area (Å²) in [6.45, 7) is 2.41. The molecule has 4 aromatic rings. The number of hydrogen-bond acceptors (Lipinski definition) is 8. The van der Waals surface area contributed by atoms with E-state index in [4.69, 9.17) is 23.7 Å². The van der Waals surface area contributed by atoms with Gasteiger partial charge in [-0.2, -0.15) is 5.10 Å². The minimum atomic E-state index is -0.538. The maximum absolute atomic E-state index is 12.9. The lowest BCUT2D eigenvalue weighted by molar-refractivity contribution is 0.0734. The third-order valence-corrected chi connectivity index (χ3v) is 5.82. The van der Waals surface area contributed by atoms with Crippen LogP contribution in [-0.2, 0) is 0 Å². The zero-order valence-corrected chi connectivity index (χ0v) is 22.0. The number of methoxy groups -OCH3 is 3. The van der Waals surface area contributed by atoms with Crippen LogP contribution in [0.15, 0.2) is 77.9 Å². The van der Waals surface area contributed by atoms with Crippen molar-refractivity contribution in [3.05, 3.63) is 89.5 Å². The van der Waals surface area contributed by atoms with E-state index in [0.717, 1.165) is 10.8 Å². The Morgan fingerprint density at radius 2 is 1.51 bits per heavy atom. The molecule has 0 radical (unpaired) electrons. The van der Waals surface area contributed by atoms with Crippen LogP contribution < -0.4 is 29.1 Å². The van der Waals surface area contributed by atoms with E-state index in [1.165, 1.54) is 39.7 Å². The molecule has 0 saturated carbocycles. The van der Waals surface area contributed by atoms with Gasteiger partial charge in [-0.05, 0) is 60.2 Å². The molecule has 0 aromatic heterocycles. The number of amides is 1. The molecule has 0 aliphatic heterocycles. The summed E-state index contributed by atoms with van der Waals surface area (Å²) >= 11 is 0. The van der Waals surface area contributed by atoms with Crippen molar-refractivity contribution in [2.75, 3.05) is 27.9 Å². The van der Waals surface area contributed by atoms with Gasteiger partial charge in [-0.3, -0.25) is 4.79 Å². The summed E-state index contributed by atoms with van der Waals surface area (Å²) in [6, 6.07) is 20.9. The average Bonchev–Trinajstić information content (AvgIpc) is 2.97. The van der Waals surface area contributed by atoms with Crippen molar-refractivity contribution in [3.8, 4) is 28.7 Å². The number of carbonyl (C=O) groups is 2. The smallest absolute Gasteiger partial charge is 0.343 e. The largest absolute Gasteiger partial charge is 0.494 e. The van der Waals surface area contributed by atoms with Crippen molar-refractivity contribution in [2.45, 2.75) is 6.92 Å². The number of ether oxygens (including phenoxy) is 5. The summed E-state index contributed by atoms with van der Waals surface area (Å²) in [4.78, 5) is 25.8. The minimum absolute atomic E-state index is 0.252. The number of hydrogen-bond donors (Lipinski definition) is 1. The number of benzene rings is 4. The van der Waals surface area contributed by atoms with E-state index in [-0.39, 0.29) is 5.56 Å². The van der Waals surface area contributed by atoms with Gasteiger partial charge in [-0.1, -0.05) is 30.3 Å². The topological polar surface area (TPSA) is 105 Å². The fourth-order valence-electron chi connectivity index (χ4n) is 3.94. The quantitative estimate of drug-likeness (QED) is 0.130. The number of hydrazone groups is 1. The van der Waals surface area contributed by atoms with Crippen molar-refractivity contribution in [3.63, 3.8) is 0 Å². The second-order valence-corrected chi connectivity index (χ2v) is 8.16. The van der Waals surface area contributed by atoms with Crippen LogP contribution in [0, 0.1) is 0 Å². The average molecular weight is 529 g/mol. The maximum Gasteiger partial charge on any atom is 0.343 e. The highest BCUT2D eigenvalue weighted by Crippen LogP contribution is 2.38. The van der Waals surface area contributed by atoms with Gasteiger partial charge in [-0.25, -0.2) is 10.2 Å². The van der Waals surface area contributed by atoms with Gasteiger partial charge in [0.1, 0.15) is 11.5 Å². The first kappa shape index (κ1) is 27.0. The monoisotopic (exact) mass is 528 g/mol. The SMILES string of the molecule is CCOc1ccc(C(=O)Oc2ccc3ccccc3c2/C=N\NC(=O)c2cc(OC)c(OC)c(OC)c2)cc1. The summed E-state index contributed by atoms with van der Waals surface area (Å²) in [5, 5.41) is 5.85. The van der Waals surface area contributed by atoms with Gasteiger partial charge in [-0.15, -0.1) is 0 Å². The number of esters is 1. The van der Waals surface area contributed by atoms with Crippen molar-refractivity contribution in [1.82, 2.24) is 5.43 Å². The Kier molecular flexibility index (Phi) is 8.63. The van der Waals surface area contributed by atoms with Gasteiger partial charge in [0, 0.05) is 11.1 Å². The Balaban J connectivity index is 1.60. The molecule has 4 rings (SSSR count). The first-order valence-corrected chi connectivity index (χ1v) is 12.1. The molecule has 0 aliphatic rings. The normalized spacial score (nSPS) is 10.8. The number of carbonyl (C=O) groups excluding carboxylic acids is 2. The van der Waals surface area contributed by atoms with Crippen molar-refractivity contribution in [2.24, 2.45) is 5.10 Å². The van der Waals surface area contributed by atoms with Gasteiger partial charge in [0.05, 0.1) is 39.7 Å². The van der Waals surface area contributed by atoms with Crippen LogP contribution in [0.5, 0.6) is 28.7 Å². The maximum atomic E-state index is 12.9. The molecule has 0 bridgehead atoms. The number of nitrogens with zero attached hydrogens (tertiary/aromatic N) is 1. The molecule has 0 saturated heterocycles. The molecule has 0 atom stereocenters. The third kappa shape index (κ3) is 6.10. The van der Waals surface area contributed by atoms with E-state index in [1.807, 2.05) is 37.3 Å². The van der Waals surface area contributed by atoms with Gasteiger partial charge in [0.15, 0.2) is 11.5 Å². The molecular formula is C30H28N2O7. The van der Waals surface area contributed by atoms with E-state index >= 15 is 0 Å². The lowest BCUT2D eigenvalue weighted by atomic mass is 10.0. The lowest BCUT2D eigenvalue weighted by Gasteiger charge is -2.13. The Labute approximate surface area is 225 Å². The highest BCUT2D eigenvalue weighted by Gasteiger charge is 2.17. The first-order valence-electron chi connectivity index (χ1n) is 12.1. The van der Waals surface area contributed by atoms with Crippen LogP contribution in [0.25, 0.3) is 10.8 Å². The summed E-state index contributed by atoms with van der Waals surface area (Å²) in [5.74, 6) is 0.957. The second kappa shape index (κ2) is 12.5. The first-order chi connectivity index (χ1) is 19.0. The molecule has 1 amide bonds. The summed E-state index contributed by atoms with van der Waals surface area (Å²) in [5.41, 5.74) is 3.65. The van der Waals surface area contributed by atoms with Crippen molar-refractivity contribution in [1.29, 1.82) is 0 Å². The second-order valence-electron chi connectivity index (χ2n) is 8.16. The van der Waals surface area contributed by atoms with Gasteiger partial charge in [0.2, 0.25) is 5.75 Å². The number of nitrogens with one attached hydrogen (secondary N) is 1. The Hall–Kier alpha value is -5.05. The molecule has 39 heavy (non-hydrogen) atoms. The van der Waals surface area contributed by atoms with Crippen LogP contribution >= 0.6 is 0 Å². The molecule has 9 heteroatoms. The Morgan fingerprint density at radius 3 is 2.15 bits per heavy atom. The molecule has 9 nitrogen and oxygen atoms in total. The zero-order chi connectivity index (χ0) is 27.8. The molecular weight excluding hydrogens is 500 g/mol. The molecule has 200 valence electrons. The highest BCUT2D eigenvalue weighted by molar-refractivity contribution is 6.04. The fourth-order valence-corrected chi connectivity index (χ4v) is 3.94. The lowest BCUT2D eigenvalue weighted by Crippen LogP contribution is -2.18. The molecule has 0 aliphatic carbocycles. The molecule has 4 aromatic carbocycles. The Morgan fingerprint density at radius 1 is 0.821 bits per heavy atom. The predicted octanol–water partition coefficient (Wildman–Crippen LogP) is 5.25. The molecule has 0 fully saturated rings. The van der Waals surface area contributed by atoms with E-state index < -0.39 is 11.9 Å². The number of fused-ring (bicyclic) bond motifs is 1. The van der Waals surface area contributed by atoms with Crippen LogP contribution in [0.1, 0.15) is 33.2 Å². The third-order valence-electron chi connectivity index (χ3n) is 5.82. The Bertz CT molecular complexity index is 1490. The summed E-state index contributed by atoms with van der Waals surface area (Å²) < 4.78 is 27.1. The van der Waals surface area contributed by atoms with Crippen molar-refractivity contribution < 1.29 is 33.3 Å². The van der Waals surface area contributed by atoms with E-state index in [1.54, 1.807) is 30.3 Å². The van der Waals surface area contributed by atoms with Gasteiger partial charge >= 0.3 is 5.97 Å². The fraction of sp³-hybridized carbons (Fsp3) is 0.167. The molecule has 0 heterocycles. The highest BCUT2D eigenvalue weighted by atomic mass is 16.5. The van der Waals surface area contributed by atoms with Crippen LogP contribution in [-0.4, -0.2) is 46.0 Å². The molecule has 1 N–H and O–H groups in total. The van der Waals surface area contributed by atoms with E-state index in [0.29, 0.717) is 46.5 Å². The van der Waals surface area contributed by atoms with E-state index in [9.17, 15) is 9.59 Å². The van der Waals surface area contributed by atoms with Crippen molar-refractivity contribution >= 4 is 28.9 Å². The number of rotatable bonds is 10. The van der Waals surface area contributed by atoms with E-state index in [2.05, 4.69) is 10.5 Å². The van der Waals surface area contributed by atoms with Crippen LogP contribution in [0.4, 0.5) is 0 Å². The summed E-state index contributed by atoms with van der Waals surface area (Å²) in [6.07, 6.45) is 1.44. The van der Waals surface area contributed by atoms with Gasteiger partial charge < -0.3 is 23.7 Å².